The molecule has 9 heteroatoms. The second-order valence-corrected chi connectivity index (χ2v) is 8.44. The van der Waals surface area contributed by atoms with Crippen LogP contribution < -0.4 is 0 Å². The fraction of sp³-hybridized carbons (Fsp3) is 0.429. The lowest BCUT2D eigenvalue weighted by molar-refractivity contribution is -0.145. The number of sulfone groups is 1. The molecule has 0 N–H and O–H groups in total. The Bertz CT molecular complexity index is 827. The zero-order valence-electron chi connectivity index (χ0n) is 17.3. The molecule has 0 saturated carbocycles. The smallest absolute Gasteiger partial charge is 0.334 e. The number of carbonyl (C=O) groups is 2. The Morgan fingerprint density at radius 1 is 1.07 bits per heavy atom. The van der Waals surface area contributed by atoms with Crippen LogP contribution >= 0.6 is 0 Å². The third-order valence-electron chi connectivity index (χ3n) is 3.70. The SMILES string of the molecule is C=CC(=O)OC(C)COCCOCCOC(=O)C(=C)CS(=O)(=O)c1ccc(C)cc1. The van der Waals surface area contributed by atoms with Gasteiger partial charge < -0.3 is 18.9 Å². The van der Waals surface area contributed by atoms with E-state index in [4.69, 9.17) is 18.9 Å². The van der Waals surface area contributed by atoms with Gasteiger partial charge in [-0.15, -0.1) is 0 Å². The monoisotopic (exact) mass is 440 g/mol. The summed E-state index contributed by atoms with van der Waals surface area (Å²) in [5.74, 6) is -1.82. The van der Waals surface area contributed by atoms with Gasteiger partial charge in [-0.05, 0) is 26.0 Å². The van der Waals surface area contributed by atoms with E-state index in [-0.39, 0.29) is 43.5 Å². The molecule has 1 atom stereocenters. The number of ether oxygens (including phenoxy) is 4. The quantitative estimate of drug-likeness (QED) is 0.246. The molecule has 0 amide bonds. The third kappa shape index (κ3) is 9.82. The van der Waals surface area contributed by atoms with Gasteiger partial charge in [0.1, 0.15) is 12.7 Å². The highest BCUT2D eigenvalue weighted by molar-refractivity contribution is 7.91. The maximum Gasteiger partial charge on any atom is 0.334 e. The van der Waals surface area contributed by atoms with Crippen molar-refractivity contribution in [2.45, 2.75) is 24.8 Å². The van der Waals surface area contributed by atoms with Crippen LogP contribution in [0.25, 0.3) is 0 Å². The Morgan fingerprint density at radius 3 is 2.30 bits per heavy atom. The number of aryl methyl sites for hydroxylation is 1. The topological polar surface area (TPSA) is 105 Å². The molecule has 0 radical (unpaired) electrons. The van der Waals surface area contributed by atoms with Crippen LogP contribution in [0.2, 0.25) is 0 Å². The molecule has 0 saturated heterocycles. The number of rotatable bonds is 14. The zero-order chi connectivity index (χ0) is 22.6. The summed E-state index contributed by atoms with van der Waals surface area (Å²) >= 11 is 0. The summed E-state index contributed by atoms with van der Waals surface area (Å²) in [6.45, 7) is 11.2. The fourth-order valence-corrected chi connectivity index (χ4v) is 3.46. The maximum atomic E-state index is 12.3. The summed E-state index contributed by atoms with van der Waals surface area (Å²) in [7, 11) is -3.67. The molecule has 1 rings (SSSR count). The van der Waals surface area contributed by atoms with Crippen molar-refractivity contribution in [3.05, 3.63) is 54.6 Å². The van der Waals surface area contributed by atoms with E-state index in [1.165, 1.54) is 12.1 Å². The minimum atomic E-state index is -3.67. The predicted octanol–water partition coefficient (Wildman–Crippen LogP) is 2.02. The van der Waals surface area contributed by atoms with E-state index in [9.17, 15) is 18.0 Å². The largest absolute Gasteiger partial charge is 0.460 e. The van der Waals surface area contributed by atoms with Crippen LogP contribution in [-0.4, -0.2) is 65.2 Å². The molecule has 30 heavy (non-hydrogen) atoms. The van der Waals surface area contributed by atoms with Crippen molar-refractivity contribution < 1.29 is 37.0 Å². The number of hydrogen-bond acceptors (Lipinski definition) is 8. The minimum Gasteiger partial charge on any atom is -0.460 e. The second-order valence-electron chi connectivity index (χ2n) is 6.45. The van der Waals surface area contributed by atoms with Gasteiger partial charge in [-0.25, -0.2) is 18.0 Å². The molecule has 0 aliphatic carbocycles. The van der Waals surface area contributed by atoms with E-state index in [0.29, 0.717) is 0 Å². The molecule has 1 unspecified atom stereocenters. The van der Waals surface area contributed by atoms with E-state index in [0.717, 1.165) is 11.6 Å². The maximum absolute atomic E-state index is 12.3. The standard InChI is InChI=1S/C21H28O8S/c1-5-20(22)29-18(4)14-27-11-10-26-12-13-28-21(23)17(3)15-30(24,25)19-8-6-16(2)7-9-19/h5-9,18H,1,3,10-15H2,2,4H3. The highest BCUT2D eigenvalue weighted by atomic mass is 32.2. The summed E-state index contributed by atoms with van der Waals surface area (Å²) in [6.07, 6.45) is 0.673. The van der Waals surface area contributed by atoms with Gasteiger partial charge >= 0.3 is 11.9 Å². The Kier molecular flexibility index (Phi) is 11.0. The van der Waals surface area contributed by atoms with Gasteiger partial charge in [0.25, 0.3) is 0 Å². The van der Waals surface area contributed by atoms with Crippen molar-refractivity contribution in [1.29, 1.82) is 0 Å². The Labute approximate surface area is 177 Å². The number of hydrogen-bond donors (Lipinski definition) is 0. The summed E-state index contributed by atoms with van der Waals surface area (Å²) in [5.41, 5.74) is 0.783. The highest BCUT2D eigenvalue weighted by Gasteiger charge is 2.20. The summed E-state index contributed by atoms with van der Waals surface area (Å²) in [4.78, 5) is 23.0. The van der Waals surface area contributed by atoms with E-state index >= 15 is 0 Å². The molecule has 0 spiro atoms. The lowest BCUT2D eigenvalue weighted by Crippen LogP contribution is -2.21. The molecule has 0 aliphatic heterocycles. The van der Waals surface area contributed by atoms with Gasteiger partial charge in [0, 0.05) is 11.6 Å². The molecule has 0 bridgehead atoms. The molecular weight excluding hydrogens is 412 g/mol. The van der Waals surface area contributed by atoms with Gasteiger partial charge in [0.05, 0.1) is 37.1 Å². The summed E-state index contributed by atoms with van der Waals surface area (Å²) in [5, 5.41) is 0. The number of benzene rings is 1. The third-order valence-corrected chi connectivity index (χ3v) is 5.42. The first-order valence-corrected chi connectivity index (χ1v) is 10.9. The minimum absolute atomic E-state index is 0.0459. The van der Waals surface area contributed by atoms with Crippen molar-refractivity contribution in [2.24, 2.45) is 0 Å². The zero-order valence-corrected chi connectivity index (χ0v) is 18.1. The molecule has 0 fully saturated rings. The van der Waals surface area contributed by atoms with E-state index in [2.05, 4.69) is 13.2 Å². The van der Waals surface area contributed by atoms with Crippen molar-refractivity contribution in [1.82, 2.24) is 0 Å². The van der Waals surface area contributed by atoms with Crippen LogP contribution in [0.4, 0.5) is 0 Å². The molecule has 0 heterocycles. The highest BCUT2D eigenvalue weighted by Crippen LogP contribution is 2.15. The van der Waals surface area contributed by atoms with Crippen LogP contribution in [0.3, 0.4) is 0 Å². The molecule has 8 nitrogen and oxygen atoms in total. The molecule has 166 valence electrons. The molecule has 1 aromatic carbocycles. The first-order chi connectivity index (χ1) is 14.2. The Hall–Kier alpha value is -2.49. The lowest BCUT2D eigenvalue weighted by atomic mass is 10.2. The van der Waals surface area contributed by atoms with Crippen LogP contribution in [0.15, 0.2) is 54.0 Å². The first-order valence-electron chi connectivity index (χ1n) is 9.28. The molecule has 1 aromatic rings. The van der Waals surface area contributed by atoms with Crippen molar-refractivity contribution >= 4 is 21.8 Å². The molecular formula is C21H28O8S. The van der Waals surface area contributed by atoms with E-state index < -0.39 is 33.6 Å². The summed E-state index contributed by atoms with van der Waals surface area (Å²) < 4.78 is 45.1. The van der Waals surface area contributed by atoms with Gasteiger partial charge in [-0.2, -0.15) is 0 Å². The average molecular weight is 441 g/mol. The first kappa shape index (κ1) is 25.5. The Morgan fingerprint density at radius 2 is 1.67 bits per heavy atom. The van der Waals surface area contributed by atoms with Gasteiger partial charge in [0.2, 0.25) is 0 Å². The number of esters is 2. The van der Waals surface area contributed by atoms with Crippen LogP contribution in [0.5, 0.6) is 0 Å². The van der Waals surface area contributed by atoms with Gasteiger partial charge in [0.15, 0.2) is 9.84 Å². The van der Waals surface area contributed by atoms with Gasteiger partial charge in [-0.1, -0.05) is 30.9 Å². The van der Waals surface area contributed by atoms with Crippen LogP contribution in [0, 0.1) is 6.92 Å². The average Bonchev–Trinajstić information content (AvgIpc) is 2.69. The second kappa shape index (κ2) is 12.9. The van der Waals surface area contributed by atoms with E-state index in [1.54, 1.807) is 19.1 Å². The fourth-order valence-electron chi connectivity index (χ4n) is 2.16. The molecule has 0 aromatic heterocycles. The Balaban J connectivity index is 2.19. The van der Waals surface area contributed by atoms with Crippen LogP contribution in [0.1, 0.15) is 12.5 Å². The van der Waals surface area contributed by atoms with E-state index in [1.807, 2.05) is 6.92 Å². The van der Waals surface area contributed by atoms with Gasteiger partial charge in [-0.3, -0.25) is 0 Å². The lowest BCUT2D eigenvalue weighted by Gasteiger charge is -2.12. The predicted molar refractivity (Wildman–Crippen MR) is 111 cm³/mol. The summed E-state index contributed by atoms with van der Waals surface area (Å²) in [6, 6.07) is 6.35. The number of carbonyl (C=O) groups excluding carboxylic acids is 2. The normalized spacial score (nSPS) is 12.1. The molecule has 0 aliphatic rings. The van der Waals surface area contributed by atoms with Crippen molar-refractivity contribution in [3.63, 3.8) is 0 Å². The van der Waals surface area contributed by atoms with Crippen LogP contribution in [-0.2, 0) is 38.4 Å². The van der Waals surface area contributed by atoms with Crippen molar-refractivity contribution in [2.75, 3.05) is 38.8 Å². The van der Waals surface area contributed by atoms with Crippen molar-refractivity contribution in [3.8, 4) is 0 Å².